The van der Waals surface area contributed by atoms with Crippen molar-refractivity contribution in [3.63, 3.8) is 0 Å². The molecule has 0 saturated carbocycles. The van der Waals surface area contributed by atoms with Gasteiger partial charge in [0, 0.05) is 23.0 Å². The quantitative estimate of drug-likeness (QED) is 0.525. The Hall–Kier alpha value is -1.30. The Morgan fingerprint density at radius 2 is 1.78 bits per heavy atom. The SMILES string of the molecule is Fc1ccc(NC(=S)NCCCSCc2ccc(Cl)cc2)cc1. The van der Waals surface area contributed by atoms with Crippen molar-refractivity contribution < 1.29 is 4.39 Å². The molecule has 0 aromatic heterocycles. The monoisotopic (exact) mass is 368 g/mol. The molecule has 6 heteroatoms. The van der Waals surface area contributed by atoms with Gasteiger partial charge in [0.25, 0.3) is 0 Å². The average Bonchev–Trinajstić information content (AvgIpc) is 2.54. The Morgan fingerprint density at radius 1 is 1.09 bits per heavy atom. The van der Waals surface area contributed by atoms with E-state index in [-0.39, 0.29) is 5.82 Å². The molecule has 0 radical (unpaired) electrons. The first kappa shape index (κ1) is 18.0. The van der Waals surface area contributed by atoms with Gasteiger partial charge in [-0.25, -0.2) is 4.39 Å². The predicted molar refractivity (Wildman–Crippen MR) is 103 cm³/mol. The van der Waals surface area contributed by atoms with Crippen molar-refractivity contribution >= 4 is 46.4 Å². The zero-order chi connectivity index (χ0) is 16.5. The minimum absolute atomic E-state index is 0.257. The molecule has 2 rings (SSSR count). The Labute approximate surface area is 150 Å². The first-order valence-corrected chi connectivity index (χ1v) is 9.20. The van der Waals surface area contributed by atoms with E-state index in [2.05, 4.69) is 22.8 Å². The lowest BCUT2D eigenvalue weighted by Gasteiger charge is -2.10. The van der Waals surface area contributed by atoms with E-state index in [4.69, 9.17) is 23.8 Å². The molecule has 0 fully saturated rings. The lowest BCUT2D eigenvalue weighted by Crippen LogP contribution is -2.29. The second-order valence-corrected chi connectivity index (χ2v) is 6.87. The van der Waals surface area contributed by atoms with Gasteiger partial charge in [0.2, 0.25) is 0 Å². The van der Waals surface area contributed by atoms with Crippen LogP contribution in [0.2, 0.25) is 5.02 Å². The van der Waals surface area contributed by atoms with Gasteiger partial charge in [-0.3, -0.25) is 0 Å². The third-order valence-corrected chi connectivity index (χ3v) is 4.65. The van der Waals surface area contributed by atoms with Crippen LogP contribution in [-0.2, 0) is 5.75 Å². The highest BCUT2D eigenvalue weighted by Crippen LogP contribution is 2.15. The summed E-state index contributed by atoms with van der Waals surface area (Å²) < 4.78 is 12.8. The van der Waals surface area contributed by atoms with E-state index < -0.39 is 0 Å². The van der Waals surface area contributed by atoms with Crippen molar-refractivity contribution in [2.24, 2.45) is 0 Å². The molecule has 0 aliphatic carbocycles. The molecule has 0 aliphatic heterocycles. The summed E-state index contributed by atoms with van der Waals surface area (Å²) in [6.07, 6.45) is 1.02. The number of thiocarbonyl (C=S) groups is 1. The van der Waals surface area contributed by atoms with Gasteiger partial charge in [-0.1, -0.05) is 23.7 Å². The predicted octanol–water partition coefficient (Wildman–Crippen LogP) is 5.09. The van der Waals surface area contributed by atoms with Crippen LogP contribution in [0.5, 0.6) is 0 Å². The van der Waals surface area contributed by atoms with Gasteiger partial charge in [0.05, 0.1) is 0 Å². The number of halogens is 2. The van der Waals surface area contributed by atoms with Crippen LogP contribution < -0.4 is 10.6 Å². The molecule has 0 amide bonds. The highest BCUT2D eigenvalue weighted by Gasteiger charge is 1.98. The van der Waals surface area contributed by atoms with E-state index in [0.717, 1.165) is 35.2 Å². The molecule has 0 spiro atoms. The minimum atomic E-state index is -0.257. The molecular formula is C17H18ClFN2S2. The van der Waals surface area contributed by atoms with E-state index in [1.165, 1.54) is 17.7 Å². The summed E-state index contributed by atoms with van der Waals surface area (Å²) in [4.78, 5) is 0. The fourth-order valence-corrected chi connectivity index (χ4v) is 3.12. The van der Waals surface area contributed by atoms with Crippen molar-refractivity contribution in [3.05, 3.63) is 64.9 Å². The van der Waals surface area contributed by atoms with E-state index in [1.54, 1.807) is 12.1 Å². The summed E-state index contributed by atoms with van der Waals surface area (Å²) in [6.45, 7) is 0.806. The topological polar surface area (TPSA) is 24.1 Å². The maximum absolute atomic E-state index is 12.8. The molecule has 2 aromatic rings. The van der Waals surface area contributed by atoms with Crippen LogP contribution in [0.1, 0.15) is 12.0 Å². The highest BCUT2D eigenvalue weighted by molar-refractivity contribution is 7.98. The lowest BCUT2D eigenvalue weighted by molar-refractivity contribution is 0.628. The van der Waals surface area contributed by atoms with Crippen LogP contribution in [0.25, 0.3) is 0 Å². The number of hydrogen-bond donors (Lipinski definition) is 2. The van der Waals surface area contributed by atoms with Gasteiger partial charge in [-0.05, 0) is 66.4 Å². The Kier molecular flexibility index (Phi) is 7.65. The fraction of sp³-hybridized carbons (Fsp3) is 0.235. The second-order valence-electron chi connectivity index (χ2n) is 4.92. The van der Waals surface area contributed by atoms with Crippen molar-refractivity contribution in [1.29, 1.82) is 0 Å². The summed E-state index contributed by atoms with van der Waals surface area (Å²) in [5, 5.41) is 7.50. The maximum Gasteiger partial charge on any atom is 0.170 e. The maximum atomic E-state index is 12.8. The zero-order valence-corrected chi connectivity index (χ0v) is 14.9. The summed E-state index contributed by atoms with van der Waals surface area (Å²) in [7, 11) is 0. The van der Waals surface area contributed by atoms with Gasteiger partial charge >= 0.3 is 0 Å². The Morgan fingerprint density at radius 3 is 2.48 bits per heavy atom. The Bertz CT molecular complexity index is 617. The number of nitrogens with one attached hydrogen (secondary N) is 2. The van der Waals surface area contributed by atoms with E-state index in [0.29, 0.717) is 5.11 Å². The van der Waals surface area contributed by atoms with Gasteiger partial charge in [0.15, 0.2) is 5.11 Å². The lowest BCUT2D eigenvalue weighted by atomic mass is 10.2. The number of anilines is 1. The van der Waals surface area contributed by atoms with Gasteiger partial charge < -0.3 is 10.6 Å². The molecular weight excluding hydrogens is 351 g/mol. The molecule has 0 heterocycles. The smallest absolute Gasteiger partial charge is 0.170 e. The number of hydrogen-bond acceptors (Lipinski definition) is 2. The van der Waals surface area contributed by atoms with Crippen LogP contribution in [0.3, 0.4) is 0 Å². The fourth-order valence-electron chi connectivity index (χ4n) is 1.86. The molecule has 2 aromatic carbocycles. The van der Waals surface area contributed by atoms with Crippen molar-refractivity contribution in [2.45, 2.75) is 12.2 Å². The first-order valence-electron chi connectivity index (χ1n) is 7.26. The second kappa shape index (κ2) is 9.75. The first-order chi connectivity index (χ1) is 11.1. The third kappa shape index (κ3) is 7.20. The molecule has 0 bridgehead atoms. The summed E-state index contributed by atoms with van der Waals surface area (Å²) in [5.41, 5.74) is 2.06. The summed E-state index contributed by atoms with van der Waals surface area (Å²) in [6, 6.07) is 14.1. The van der Waals surface area contributed by atoms with Crippen LogP contribution in [0.4, 0.5) is 10.1 Å². The molecule has 122 valence electrons. The zero-order valence-electron chi connectivity index (χ0n) is 12.5. The van der Waals surface area contributed by atoms with Gasteiger partial charge in [-0.2, -0.15) is 11.8 Å². The van der Waals surface area contributed by atoms with Crippen LogP contribution >= 0.6 is 35.6 Å². The van der Waals surface area contributed by atoms with Crippen molar-refractivity contribution in [3.8, 4) is 0 Å². The molecule has 0 saturated heterocycles. The third-order valence-electron chi connectivity index (χ3n) is 3.04. The van der Waals surface area contributed by atoms with Gasteiger partial charge in [-0.15, -0.1) is 0 Å². The Balaban J connectivity index is 1.55. The minimum Gasteiger partial charge on any atom is -0.362 e. The summed E-state index contributed by atoms with van der Waals surface area (Å²) in [5.74, 6) is 1.77. The standard InChI is InChI=1S/C17H18ClFN2S2/c18-14-4-2-13(3-5-14)12-23-11-1-10-20-17(22)21-16-8-6-15(19)7-9-16/h2-9H,1,10-12H2,(H2,20,21,22). The number of thioether (sulfide) groups is 1. The number of benzene rings is 2. The van der Waals surface area contributed by atoms with Crippen LogP contribution in [0.15, 0.2) is 48.5 Å². The van der Waals surface area contributed by atoms with E-state index >= 15 is 0 Å². The van der Waals surface area contributed by atoms with Crippen LogP contribution in [0, 0.1) is 5.82 Å². The molecule has 0 atom stereocenters. The largest absolute Gasteiger partial charge is 0.362 e. The molecule has 2 N–H and O–H groups in total. The molecule has 0 aliphatic rings. The van der Waals surface area contributed by atoms with E-state index in [9.17, 15) is 4.39 Å². The molecule has 2 nitrogen and oxygen atoms in total. The van der Waals surface area contributed by atoms with Crippen LogP contribution in [-0.4, -0.2) is 17.4 Å². The molecule has 0 unspecified atom stereocenters. The normalized spacial score (nSPS) is 10.3. The molecule has 23 heavy (non-hydrogen) atoms. The van der Waals surface area contributed by atoms with Crippen molar-refractivity contribution in [2.75, 3.05) is 17.6 Å². The van der Waals surface area contributed by atoms with Crippen molar-refractivity contribution in [1.82, 2.24) is 5.32 Å². The number of rotatable bonds is 7. The highest BCUT2D eigenvalue weighted by atomic mass is 35.5. The summed E-state index contributed by atoms with van der Waals surface area (Å²) >= 11 is 12.9. The van der Waals surface area contributed by atoms with Gasteiger partial charge in [0.1, 0.15) is 5.82 Å². The van der Waals surface area contributed by atoms with E-state index in [1.807, 2.05) is 23.9 Å². The average molecular weight is 369 g/mol.